The fraction of sp³-hybridized carbons (Fsp3) is 0.455. The van der Waals surface area contributed by atoms with Gasteiger partial charge in [0.25, 0.3) is 5.91 Å². The number of fused-ring (bicyclic) bond motifs is 1. The topological polar surface area (TPSA) is 53.8 Å². The summed E-state index contributed by atoms with van der Waals surface area (Å²) in [4.78, 5) is 29.3. The molecule has 0 saturated carbocycles. The predicted octanol–water partition coefficient (Wildman–Crippen LogP) is 4.06. The number of unbranched alkanes of at least 4 members (excludes halogenated alkanes) is 2. The van der Waals surface area contributed by atoms with E-state index >= 15 is 0 Å². The van der Waals surface area contributed by atoms with Crippen molar-refractivity contribution >= 4 is 11.8 Å². The molecule has 0 bridgehead atoms. The third kappa shape index (κ3) is 4.41. The highest BCUT2D eigenvalue weighted by Gasteiger charge is 2.29. The van der Waals surface area contributed by atoms with Gasteiger partial charge in [-0.25, -0.2) is 0 Å². The van der Waals surface area contributed by atoms with Gasteiger partial charge in [0, 0.05) is 13.1 Å². The van der Waals surface area contributed by atoms with Gasteiger partial charge in [-0.3, -0.25) is 9.59 Å². The Morgan fingerprint density at radius 1 is 1.19 bits per heavy atom. The van der Waals surface area contributed by atoms with E-state index in [-0.39, 0.29) is 30.2 Å². The van der Waals surface area contributed by atoms with E-state index in [2.05, 4.69) is 26.0 Å². The molecule has 2 aromatic rings. The first-order valence-corrected chi connectivity index (χ1v) is 9.82. The van der Waals surface area contributed by atoms with Crippen molar-refractivity contribution in [3.63, 3.8) is 0 Å². The van der Waals surface area contributed by atoms with Crippen molar-refractivity contribution in [2.45, 2.75) is 45.6 Å². The van der Waals surface area contributed by atoms with Gasteiger partial charge in [0.05, 0.1) is 12.3 Å². The van der Waals surface area contributed by atoms with Crippen LogP contribution in [0.3, 0.4) is 0 Å². The predicted molar refractivity (Wildman–Crippen MR) is 104 cm³/mol. The maximum absolute atomic E-state index is 13.0. The highest BCUT2D eigenvalue weighted by atomic mass is 16.3. The first kappa shape index (κ1) is 19.2. The summed E-state index contributed by atoms with van der Waals surface area (Å²) in [6, 6.07) is 11.7. The Morgan fingerprint density at radius 3 is 2.74 bits per heavy atom. The molecule has 144 valence electrons. The van der Waals surface area contributed by atoms with Gasteiger partial charge in [-0.2, -0.15) is 0 Å². The summed E-state index contributed by atoms with van der Waals surface area (Å²) >= 11 is 0. The van der Waals surface area contributed by atoms with Crippen LogP contribution in [-0.4, -0.2) is 41.2 Å². The molecular formula is C22H28N2O3. The monoisotopic (exact) mass is 368 g/mol. The second-order valence-corrected chi connectivity index (χ2v) is 7.12. The molecule has 3 rings (SSSR count). The number of rotatable bonds is 7. The number of carbonyl (C=O) groups is 2. The summed E-state index contributed by atoms with van der Waals surface area (Å²) < 4.78 is 5.26. The molecule has 0 N–H and O–H groups in total. The lowest BCUT2D eigenvalue weighted by Crippen LogP contribution is -2.46. The normalized spacial score (nSPS) is 16.1. The van der Waals surface area contributed by atoms with Gasteiger partial charge in [-0.05, 0) is 43.0 Å². The van der Waals surface area contributed by atoms with Crippen LogP contribution in [0.25, 0.3) is 0 Å². The van der Waals surface area contributed by atoms with E-state index < -0.39 is 0 Å². The van der Waals surface area contributed by atoms with E-state index in [1.165, 1.54) is 17.4 Å². The molecule has 1 unspecified atom stereocenters. The van der Waals surface area contributed by atoms with Crippen LogP contribution in [0.2, 0.25) is 0 Å². The standard InChI is InChI=1S/C22H28N2O3/c1-3-4-7-13-23(22(26)20-11-8-15-27-20)16-21(25)24-14-12-18-9-5-6-10-19(18)17(24)2/h5-6,8-11,15,17H,3-4,7,12-14,16H2,1-2H3. The van der Waals surface area contributed by atoms with E-state index in [9.17, 15) is 9.59 Å². The summed E-state index contributed by atoms with van der Waals surface area (Å²) in [6.07, 6.45) is 5.33. The van der Waals surface area contributed by atoms with Gasteiger partial charge in [0.2, 0.25) is 5.91 Å². The molecule has 0 spiro atoms. The minimum Gasteiger partial charge on any atom is -0.459 e. The SMILES string of the molecule is CCCCCN(CC(=O)N1CCc2ccccc2C1C)C(=O)c1ccco1. The molecule has 1 atom stereocenters. The smallest absolute Gasteiger partial charge is 0.290 e. The van der Waals surface area contributed by atoms with Gasteiger partial charge in [0.15, 0.2) is 5.76 Å². The number of hydrogen-bond donors (Lipinski definition) is 0. The molecular weight excluding hydrogens is 340 g/mol. The average molecular weight is 368 g/mol. The van der Waals surface area contributed by atoms with Crippen LogP contribution in [0.5, 0.6) is 0 Å². The molecule has 1 aromatic heterocycles. The Labute approximate surface area is 160 Å². The van der Waals surface area contributed by atoms with Crippen LogP contribution in [0.4, 0.5) is 0 Å². The lowest BCUT2D eigenvalue weighted by atomic mass is 9.93. The van der Waals surface area contributed by atoms with E-state index in [1.807, 2.05) is 17.0 Å². The molecule has 2 heterocycles. The molecule has 5 nitrogen and oxygen atoms in total. The van der Waals surface area contributed by atoms with Crippen molar-refractivity contribution < 1.29 is 14.0 Å². The molecule has 2 amide bonds. The van der Waals surface area contributed by atoms with E-state index in [0.717, 1.165) is 25.7 Å². The summed E-state index contributed by atoms with van der Waals surface area (Å²) in [5.74, 6) is 0.0688. The Morgan fingerprint density at radius 2 is 2.00 bits per heavy atom. The third-order valence-electron chi connectivity index (χ3n) is 5.29. The van der Waals surface area contributed by atoms with E-state index in [0.29, 0.717) is 13.1 Å². The van der Waals surface area contributed by atoms with Crippen molar-refractivity contribution in [2.75, 3.05) is 19.6 Å². The maximum atomic E-state index is 13.0. The largest absolute Gasteiger partial charge is 0.459 e. The number of carbonyl (C=O) groups excluding carboxylic acids is 2. The lowest BCUT2D eigenvalue weighted by molar-refractivity contribution is -0.134. The van der Waals surface area contributed by atoms with Gasteiger partial charge in [-0.15, -0.1) is 0 Å². The van der Waals surface area contributed by atoms with Crippen molar-refractivity contribution in [1.29, 1.82) is 0 Å². The Bertz CT molecular complexity index is 770. The minimum atomic E-state index is -0.213. The van der Waals surface area contributed by atoms with Crippen LogP contribution in [0, 0.1) is 0 Å². The highest BCUT2D eigenvalue weighted by Crippen LogP contribution is 2.29. The van der Waals surface area contributed by atoms with Crippen LogP contribution in [0.1, 0.15) is 60.8 Å². The molecule has 27 heavy (non-hydrogen) atoms. The quantitative estimate of drug-likeness (QED) is 0.693. The first-order valence-electron chi connectivity index (χ1n) is 9.82. The fourth-order valence-corrected chi connectivity index (χ4v) is 3.73. The molecule has 0 aliphatic carbocycles. The molecule has 1 aliphatic rings. The average Bonchev–Trinajstić information content (AvgIpc) is 3.22. The Kier molecular flexibility index (Phi) is 6.32. The Balaban J connectivity index is 1.71. The lowest BCUT2D eigenvalue weighted by Gasteiger charge is -2.36. The molecule has 5 heteroatoms. The van der Waals surface area contributed by atoms with Gasteiger partial charge in [0.1, 0.15) is 6.54 Å². The zero-order chi connectivity index (χ0) is 19.2. The Hall–Kier alpha value is -2.56. The molecule has 0 fully saturated rings. The summed E-state index contributed by atoms with van der Waals surface area (Å²) in [5.41, 5.74) is 2.51. The van der Waals surface area contributed by atoms with Gasteiger partial charge < -0.3 is 14.2 Å². The van der Waals surface area contributed by atoms with Crippen LogP contribution >= 0.6 is 0 Å². The molecule has 0 saturated heterocycles. The van der Waals surface area contributed by atoms with Crippen molar-refractivity contribution in [1.82, 2.24) is 9.80 Å². The van der Waals surface area contributed by atoms with E-state index in [4.69, 9.17) is 4.42 Å². The van der Waals surface area contributed by atoms with Crippen LogP contribution in [-0.2, 0) is 11.2 Å². The molecule has 1 aliphatic heterocycles. The number of benzene rings is 1. The minimum absolute atomic E-state index is 0.00610. The third-order valence-corrected chi connectivity index (χ3v) is 5.29. The number of nitrogens with zero attached hydrogens (tertiary/aromatic N) is 2. The van der Waals surface area contributed by atoms with Crippen molar-refractivity contribution in [3.05, 3.63) is 59.5 Å². The molecule has 0 radical (unpaired) electrons. The molecule has 1 aromatic carbocycles. The van der Waals surface area contributed by atoms with Crippen molar-refractivity contribution in [3.8, 4) is 0 Å². The second kappa shape index (κ2) is 8.89. The number of furan rings is 1. The zero-order valence-corrected chi connectivity index (χ0v) is 16.2. The maximum Gasteiger partial charge on any atom is 0.290 e. The second-order valence-electron chi connectivity index (χ2n) is 7.12. The summed E-state index contributed by atoms with van der Waals surface area (Å²) in [5, 5.41) is 0. The van der Waals surface area contributed by atoms with Gasteiger partial charge >= 0.3 is 0 Å². The fourth-order valence-electron chi connectivity index (χ4n) is 3.73. The summed E-state index contributed by atoms with van der Waals surface area (Å²) in [7, 11) is 0. The highest BCUT2D eigenvalue weighted by molar-refractivity contribution is 5.94. The first-order chi connectivity index (χ1) is 13.1. The van der Waals surface area contributed by atoms with E-state index in [1.54, 1.807) is 17.0 Å². The number of hydrogen-bond acceptors (Lipinski definition) is 3. The number of amides is 2. The van der Waals surface area contributed by atoms with Crippen LogP contribution < -0.4 is 0 Å². The van der Waals surface area contributed by atoms with Crippen molar-refractivity contribution in [2.24, 2.45) is 0 Å². The van der Waals surface area contributed by atoms with Gasteiger partial charge in [-0.1, -0.05) is 44.0 Å². The zero-order valence-electron chi connectivity index (χ0n) is 16.2. The van der Waals surface area contributed by atoms with Crippen LogP contribution in [0.15, 0.2) is 47.1 Å². The summed E-state index contributed by atoms with van der Waals surface area (Å²) in [6.45, 7) is 5.53.